The summed E-state index contributed by atoms with van der Waals surface area (Å²) in [5.74, 6) is 2.19. The molecule has 2 heterocycles. The van der Waals surface area contributed by atoms with Crippen LogP contribution in [0, 0.1) is 4.77 Å². The number of pyridine rings is 1. The lowest BCUT2D eigenvalue weighted by atomic mass is 10.2. The highest BCUT2D eigenvalue weighted by molar-refractivity contribution is 9.10. The molecule has 0 saturated heterocycles. The molecule has 0 aliphatic carbocycles. The van der Waals surface area contributed by atoms with Crippen LogP contribution in [-0.2, 0) is 19.6 Å². The monoisotopic (exact) mass is 463 g/mol. The van der Waals surface area contributed by atoms with Gasteiger partial charge in [0.1, 0.15) is 6.61 Å². The highest BCUT2D eigenvalue weighted by Crippen LogP contribution is 2.37. The van der Waals surface area contributed by atoms with Crippen molar-refractivity contribution in [2.45, 2.75) is 32.9 Å². The van der Waals surface area contributed by atoms with Crippen molar-refractivity contribution in [3.8, 4) is 11.5 Å². The summed E-state index contributed by atoms with van der Waals surface area (Å²) >= 11 is 8.89. The predicted octanol–water partition coefficient (Wildman–Crippen LogP) is 4.38. The van der Waals surface area contributed by atoms with Crippen molar-refractivity contribution >= 4 is 28.1 Å². The molecule has 0 atom stereocenters. The lowest BCUT2D eigenvalue weighted by Crippen LogP contribution is -2.17. The Kier molecular flexibility index (Phi) is 7.05. The van der Waals surface area contributed by atoms with E-state index in [9.17, 15) is 0 Å². The quantitative estimate of drug-likeness (QED) is 0.458. The predicted molar refractivity (Wildman–Crippen MR) is 114 cm³/mol. The maximum atomic E-state index is 5.95. The van der Waals surface area contributed by atoms with Gasteiger partial charge in [0.05, 0.1) is 18.1 Å². The Morgan fingerprint density at radius 3 is 2.89 bits per heavy atom. The first kappa shape index (κ1) is 20.3. The van der Waals surface area contributed by atoms with Gasteiger partial charge in [-0.1, -0.05) is 13.0 Å². The van der Waals surface area contributed by atoms with Gasteiger partial charge in [0.25, 0.3) is 0 Å². The van der Waals surface area contributed by atoms with Crippen LogP contribution in [0.25, 0.3) is 0 Å². The molecular weight excluding hydrogens is 442 g/mol. The zero-order valence-corrected chi connectivity index (χ0v) is 18.1. The molecule has 28 heavy (non-hydrogen) atoms. The van der Waals surface area contributed by atoms with Crippen LogP contribution < -0.4 is 14.9 Å². The Labute approximate surface area is 177 Å². The number of H-pyrrole nitrogens is 1. The Hall–Kier alpha value is -2.39. The van der Waals surface area contributed by atoms with Crippen LogP contribution in [0.15, 0.2) is 41.1 Å². The minimum absolute atomic E-state index is 0.408. The molecule has 0 spiro atoms. The maximum absolute atomic E-state index is 5.95. The molecule has 3 aromatic rings. The topological polar surface area (TPSA) is 77.0 Å². The van der Waals surface area contributed by atoms with E-state index in [0.29, 0.717) is 29.4 Å². The van der Waals surface area contributed by atoms with E-state index in [4.69, 9.17) is 21.7 Å². The SMILES string of the molecule is CCCc1n[nH]c(=S)n1NCc1cc(Br)c(OCc2cccnc2)c(OC)c1. The summed E-state index contributed by atoms with van der Waals surface area (Å²) in [5, 5.41) is 7.09. The first-order valence-corrected chi connectivity index (χ1v) is 10.1. The van der Waals surface area contributed by atoms with Crippen LogP contribution in [0.3, 0.4) is 0 Å². The largest absolute Gasteiger partial charge is 0.493 e. The van der Waals surface area contributed by atoms with Crippen molar-refractivity contribution in [3.05, 3.63) is 62.9 Å². The second-order valence-electron chi connectivity index (χ2n) is 6.12. The van der Waals surface area contributed by atoms with Crippen LogP contribution in [0.1, 0.15) is 30.3 Å². The van der Waals surface area contributed by atoms with Crippen LogP contribution in [0.4, 0.5) is 0 Å². The number of rotatable bonds is 9. The van der Waals surface area contributed by atoms with Gasteiger partial charge in [-0.3, -0.25) is 10.1 Å². The van der Waals surface area contributed by atoms with Gasteiger partial charge in [0.15, 0.2) is 17.3 Å². The molecule has 0 saturated carbocycles. The second-order valence-corrected chi connectivity index (χ2v) is 7.37. The van der Waals surface area contributed by atoms with Crippen molar-refractivity contribution in [1.29, 1.82) is 0 Å². The Morgan fingerprint density at radius 1 is 1.32 bits per heavy atom. The van der Waals surface area contributed by atoms with Crippen molar-refractivity contribution < 1.29 is 9.47 Å². The molecule has 148 valence electrons. The molecule has 0 aliphatic heterocycles. The van der Waals surface area contributed by atoms with E-state index in [-0.39, 0.29) is 0 Å². The normalized spacial score (nSPS) is 10.7. The van der Waals surface area contributed by atoms with Crippen molar-refractivity contribution in [2.24, 2.45) is 0 Å². The molecule has 0 radical (unpaired) electrons. The van der Waals surface area contributed by atoms with E-state index in [1.165, 1.54) is 0 Å². The summed E-state index contributed by atoms with van der Waals surface area (Å²) in [5.41, 5.74) is 5.31. The van der Waals surface area contributed by atoms with E-state index in [2.05, 4.69) is 43.5 Å². The van der Waals surface area contributed by atoms with Crippen LogP contribution >= 0.6 is 28.1 Å². The number of benzene rings is 1. The number of nitrogens with zero attached hydrogens (tertiary/aromatic N) is 3. The fourth-order valence-corrected chi connectivity index (χ4v) is 3.53. The van der Waals surface area contributed by atoms with E-state index >= 15 is 0 Å². The third-order valence-electron chi connectivity index (χ3n) is 4.05. The molecule has 9 heteroatoms. The summed E-state index contributed by atoms with van der Waals surface area (Å²) < 4.78 is 14.7. The van der Waals surface area contributed by atoms with Gasteiger partial charge < -0.3 is 14.9 Å². The zero-order chi connectivity index (χ0) is 19.9. The molecule has 7 nitrogen and oxygen atoms in total. The van der Waals surface area contributed by atoms with Gasteiger partial charge in [-0.25, -0.2) is 4.68 Å². The molecule has 0 fully saturated rings. The molecule has 0 aliphatic rings. The number of hydrogen-bond acceptors (Lipinski definition) is 6. The minimum Gasteiger partial charge on any atom is -0.493 e. The maximum Gasteiger partial charge on any atom is 0.214 e. The van der Waals surface area contributed by atoms with Crippen molar-refractivity contribution in [2.75, 3.05) is 12.5 Å². The number of aromatic amines is 1. The van der Waals surface area contributed by atoms with Crippen LogP contribution in [0.5, 0.6) is 11.5 Å². The molecule has 0 unspecified atom stereocenters. The van der Waals surface area contributed by atoms with E-state index in [1.54, 1.807) is 19.5 Å². The fourth-order valence-electron chi connectivity index (χ4n) is 2.71. The molecular formula is C19H22BrN5O2S. The number of ether oxygens (including phenoxy) is 2. The van der Waals surface area contributed by atoms with Gasteiger partial charge in [0.2, 0.25) is 4.77 Å². The molecule has 1 aromatic carbocycles. The summed E-state index contributed by atoms with van der Waals surface area (Å²) in [7, 11) is 1.63. The van der Waals surface area contributed by atoms with Crippen molar-refractivity contribution in [3.63, 3.8) is 0 Å². The first-order valence-electron chi connectivity index (χ1n) is 8.90. The Morgan fingerprint density at radius 2 is 2.18 bits per heavy atom. The average molecular weight is 464 g/mol. The molecule has 0 amide bonds. The fraction of sp³-hybridized carbons (Fsp3) is 0.316. The van der Waals surface area contributed by atoms with E-state index in [1.807, 2.05) is 28.9 Å². The van der Waals surface area contributed by atoms with Crippen LogP contribution in [0.2, 0.25) is 0 Å². The number of aryl methyl sites for hydroxylation is 1. The third-order valence-corrected chi connectivity index (χ3v) is 4.91. The second kappa shape index (κ2) is 9.70. The standard InChI is InChI=1S/C19H22BrN5O2S/c1-3-5-17-23-24-19(28)25(17)22-11-14-8-15(20)18(16(9-14)26-2)27-12-13-6-4-7-21-10-13/h4,6-10,22H,3,5,11-12H2,1-2H3,(H,24,28). The average Bonchev–Trinajstić information content (AvgIpc) is 3.05. The number of halogens is 1. The smallest absolute Gasteiger partial charge is 0.214 e. The number of hydrogen-bond donors (Lipinski definition) is 2. The first-order chi connectivity index (χ1) is 13.6. The lowest BCUT2D eigenvalue weighted by Gasteiger charge is -2.15. The molecule has 2 aromatic heterocycles. The lowest BCUT2D eigenvalue weighted by molar-refractivity contribution is 0.282. The van der Waals surface area contributed by atoms with E-state index in [0.717, 1.165) is 34.3 Å². The Bertz CT molecular complexity index is 974. The zero-order valence-electron chi connectivity index (χ0n) is 15.7. The van der Waals surface area contributed by atoms with Gasteiger partial charge in [0, 0.05) is 24.4 Å². The number of nitrogens with one attached hydrogen (secondary N) is 2. The van der Waals surface area contributed by atoms with Gasteiger partial charge in [-0.05, 0) is 58.3 Å². The third kappa shape index (κ3) is 4.90. The van der Waals surface area contributed by atoms with Gasteiger partial charge >= 0.3 is 0 Å². The Balaban J connectivity index is 1.74. The summed E-state index contributed by atoms with van der Waals surface area (Å²) in [6.07, 6.45) is 5.35. The highest BCUT2D eigenvalue weighted by Gasteiger charge is 2.13. The number of methoxy groups -OCH3 is 1. The summed E-state index contributed by atoms with van der Waals surface area (Å²) in [6.45, 7) is 3.07. The molecule has 0 bridgehead atoms. The van der Waals surface area contributed by atoms with Crippen LogP contribution in [-0.4, -0.2) is 27.0 Å². The van der Waals surface area contributed by atoms with E-state index < -0.39 is 0 Å². The number of aromatic nitrogens is 4. The minimum atomic E-state index is 0.408. The van der Waals surface area contributed by atoms with Gasteiger partial charge in [-0.2, -0.15) is 5.10 Å². The molecule has 3 rings (SSSR count). The van der Waals surface area contributed by atoms with Crippen molar-refractivity contribution in [1.82, 2.24) is 19.9 Å². The van der Waals surface area contributed by atoms with Gasteiger partial charge in [-0.15, -0.1) is 0 Å². The highest BCUT2D eigenvalue weighted by atomic mass is 79.9. The summed E-state index contributed by atoms with van der Waals surface area (Å²) in [4.78, 5) is 4.10. The molecule has 2 N–H and O–H groups in total. The summed E-state index contributed by atoms with van der Waals surface area (Å²) in [6, 6.07) is 7.79.